The van der Waals surface area contributed by atoms with Gasteiger partial charge in [0.2, 0.25) is 0 Å². The Kier molecular flexibility index (Phi) is 8.26. The summed E-state index contributed by atoms with van der Waals surface area (Å²) in [5.74, 6) is 2.86. The Balaban J connectivity index is 0.00000280. The predicted octanol–water partition coefficient (Wildman–Crippen LogP) is 2.00. The van der Waals surface area contributed by atoms with E-state index in [0.29, 0.717) is 6.04 Å². The normalized spacial score (nSPS) is 16.5. The minimum absolute atomic E-state index is 0. The number of aryl methyl sites for hydroxylation is 4. The maximum Gasteiger partial charge on any atom is 0.191 e. The van der Waals surface area contributed by atoms with E-state index in [1.165, 1.54) is 11.3 Å². The number of hydrogen-bond donors (Lipinski definition) is 2. The summed E-state index contributed by atoms with van der Waals surface area (Å²) in [5.41, 5.74) is 3.74. The maximum atomic E-state index is 4.65. The summed E-state index contributed by atoms with van der Waals surface area (Å²) in [6.45, 7) is 7.99. The van der Waals surface area contributed by atoms with Gasteiger partial charge < -0.3 is 10.6 Å². The molecule has 0 saturated heterocycles. The summed E-state index contributed by atoms with van der Waals surface area (Å²) >= 11 is 0. The van der Waals surface area contributed by atoms with Gasteiger partial charge in [0.1, 0.15) is 5.82 Å². The fraction of sp³-hybridized carbons (Fsp3) is 0.684. The molecule has 0 aromatic carbocycles. The van der Waals surface area contributed by atoms with Gasteiger partial charge in [0.15, 0.2) is 11.8 Å². The largest absolute Gasteiger partial charge is 0.352 e. The topological polar surface area (TPSA) is 84.9 Å². The van der Waals surface area contributed by atoms with Crippen molar-refractivity contribution >= 4 is 29.9 Å². The molecule has 8 nitrogen and oxygen atoms in total. The molecule has 1 atom stereocenters. The van der Waals surface area contributed by atoms with Crippen LogP contribution in [0.15, 0.2) is 4.99 Å². The van der Waals surface area contributed by atoms with Crippen molar-refractivity contribution in [2.24, 2.45) is 12.0 Å². The highest BCUT2D eigenvalue weighted by molar-refractivity contribution is 14.0. The smallest absolute Gasteiger partial charge is 0.191 e. The van der Waals surface area contributed by atoms with Gasteiger partial charge in [0, 0.05) is 50.8 Å². The average molecular weight is 500 g/mol. The quantitative estimate of drug-likeness (QED) is 0.360. The van der Waals surface area contributed by atoms with E-state index >= 15 is 0 Å². The molecule has 0 radical (unpaired) electrons. The summed E-state index contributed by atoms with van der Waals surface area (Å²) in [5, 5.41) is 16.3. The van der Waals surface area contributed by atoms with Crippen LogP contribution in [0.1, 0.15) is 55.8 Å². The van der Waals surface area contributed by atoms with E-state index < -0.39 is 0 Å². The fourth-order valence-corrected chi connectivity index (χ4v) is 3.78. The van der Waals surface area contributed by atoms with Crippen LogP contribution in [-0.4, -0.2) is 43.6 Å². The van der Waals surface area contributed by atoms with Gasteiger partial charge in [-0.2, -0.15) is 10.2 Å². The van der Waals surface area contributed by atoms with E-state index in [1.54, 1.807) is 0 Å². The molecule has 2 aromatic rings. The van der Waals surface area contributed by atoms with Crippen LogP contribution in [0.5, 0.6) is 0 Å². The van der Waals surface area contributed by atoms with Gasteiger partial charge in [0.25, 0.3) is 0 Å². The molecule has 28 heavy (non-hydrogen) atoms. The third kappa shape index (κ3) is 4.84. The minimum Gasteiger partial charge on any atom is -0.352 e. The molecular formula is C19H33IN8. The first-order valence-corrected chi connectivity index (χ1v) is 10.0. The lowest BCUT2D eigenvalue weighted by molar-refractivity contribution is 0.392. The predicted molar refractivity (Wildman–Crippen MR) is 122 cm³/mol. The van der Waals surface area contributed by atoms with Crippen molar-refractivity contribution in [2.75, 3.05) is 7.05 Å². The first-order chi connectivity index (χ1) is 13.1. The Morgan fingerprint density at radius 2 is 1.96 bits per heavy atom. The maximum absolute atomic E-state index is 4.65. The van der Waals surface area contributed by atoms with Crippen LogP contribution < -0.4 is 10.6 Å². The van der Waals surface area contributed by atoms with Crippen molar-refractivity contribution in [1.29, 1.82) is 0 Å². The van der Waals surface area contributed by atoms with Crippen molar-refractivity contribution in [2.45, 2.75) is 72.0 Å². The molecule has 0 aliphatic carbocycles. The number of nitrogens with zero attached hydrogens (tertiary/aromatic N) is 6. The van der Waals surface area contributed by atoms with E-state index in [2.05, 4.69) is 51.6 Å². The number of rotatable bonds is 6. The second kappa shape index (κ2) is 10.2. The SMILES string of the molecule is CCc1nc2n(n1)CC(NC(=NC)NCc1c(CC)nn(C)c1CC)CC2.I. The monoisotopic (exact) mass is 500 g/mol. The first kappa shape index (κ1) is 22.6. The highest BCUT2D eigenvalue weighted by Gasteiger charge is 2.22. The van der Waals surface area contributed by atoms with E-state index in [-0.39, 0.29) is 24.0 Å². The molecule has 3 rings (SSSR count). The number of aromatic nitrogens is 5. The lowest BCUT2D eigenvalue weighted by atomic mass is 10.1. The molecule has 1 unspecified atom stereocenters. The molecule has 156 valence electrons. The van der Waals surface area contributed by atoms with Crippen LogP contribution in [0.4, 0.5) is 0 Å². The Morgan fingerprint density at radius 3 is 2.61 bits per heavy atom. The second-order valence-corrected chi connectivity index (χ2v) is 6.99. The molecule has 0 bridgehead atoms. The molecule has 1 aliphatic rings. The lowest BCUT2D eigenvalue weighted by Gasteiger charge is -2.25. The molecule has 2 aromatic heterocycles. The third-order valence-corrected chi connectivity index (χ3v) is 5.24. The Bertz CT molecular complexity index is 807. The van der Waals surface area contributed by atoms with E-state index in [1.807, 2.05) is 23.5 Å². The van der Waals surface area contributed by atoms with Crippen LogP contribution in [0.3, 0.4) is 0 Å². The molecule has 0 amide bonds. The van der Waals surface area contributed by atoms with Crippen molar-refractivity contribution in [3.63, 3.8) is 0 Å². The van der Waals surface area contributed by atoms with Crippen LogP contribution in [0.25, 0.3) is 0 Å². The van der Waals surface area contributed by atoms with Crippen LogP contribution >= 0.6 is 24.0 Å². The second-order valence-electron chi connectivity index (χ2n) is 6.99. The highest BCUT2D eigenvalue weighted by atomic mass is 127. The molecule has 0 fully saturated rings. The van der Waals surface area contributed by atoms with Gasteiger partial charge in [-0.25, -0.2) is 9.67 Å². The minimum atomic E-state index is 0. The Labute approximate surface area is 184 Å². The van der Waals surface area contributed by atoms with E-state index in [9.17, 15) is 0 Å². The van der Waals surface area contributed by atoms with E-state index in [4.69, 9.17) is 0 Å². The summed E-state index contributed by atoms with van der Waals surface area (Å²) in [6.07, 6.45) is 4.78. The highest BCUT2D eigenvalue weighted by Crippen LogP contribution is 2.16. The van der Waals surface area contributed by atoms with Gasteiger partial charge in [-0.15, -0.1) is 24.0 Å². The molecule has 2 N–H and O–H groups in total. The van der Waals surface area contributed by atoms with Crippen LogP contribution in [0.2, 0.25) is 0 Å². The Morgan fingerprint density at radius 1 is 1.18 bits per heavy atom. The van der Waals surface area contributed by atoms with Gasteiger partial charge in [-0.1, -0.05) is 20.8 Å². The van der Waals surface area contributed by atoms with Gasteiger partial charge in [-0.3, -0.25) is 9.67 Å². The summed E-state index contributed by atoms with van der Waals surface area (Å²) in [7, 11) is 3.84. The zero-order chi connectivity index (χ0) is 19.4. The summed E-state index contributed by atoms with van der Waals surface area (Å²) < 4.78 is 4.05. The zero-order valence-corrected chi connectivity index (χ0v) is 19.9. The number of nitrogens with one attached hydrogen (secondary N) is 2. The molecule has 0 spiro atoms. The summed E-state index contributed by atoms with van der Waals surface area (Å²) in [4.78, 5) is 9.00. The summed E-state index contributed by atoms with van der Waals surface area (Å²) in [6, 6.07) is 0.306. The Hall–Kier alpha value is -1.65. The number of halogens is 1. The van der Waals surface area contributed by atoms with Crippen molar-refractivity contribution in [3.05, 3.63) is 28.6 Å². The third-order valence-electron chi connectivity index (χ3n) is 5.24. The number of guanidine groups is 1. The number of fused-ring (bicyclic) bond motifs is 1. The van der Waals surface area contributed by atoms with E-state index in [0.717, 1.165) is 68.5 Å². The molecular weight excluding hydrogens is 467 g/mol. The standard InChI is InChI=1S/C19H32N8.HI/c1-6-15-14(16(7-2)26(5)24-15)11-21-19(20-4)22-13-9-10-18-23-17(8-3)25-27(18)12-13;/h13H,6-12H2,1-5H3,(H2,20,21,22);1H. The molecule has 1 aliphatic heterocycles. The van der Waals surface area contributed by atoms with Gasteiger partial charge >= 0.3 is 0 Å². The van der Waals surface area contributed by atoms with Crippen molar-refractivity contribution in [3.8, 4) is 0 Å². The number of hydrogen-bond acceptors (Lipinski definition) is 4. The van der Waals surface area contributed by atoms with Crippen molar-refractivity contribution < 1.29 is 0 Å². The fourth-order valence-electron chi connectivity index (χ4n) is 3.78. The lowest BCUT2D eigenvalue weighted by Crippen LogP contribution is -2.46. The van der Waals surface area contributed by atoms with Crippen molar-refractivity contribution in [1.82, 2.24) is 35.2 Å². The first-order valence-electron chi connectivity index (χ1n) is 10.0. The van der Waals surface area contributed by atoms with Gasteiger partial charge in [-0.05, 0) is 19.3 Å². The molecule has 0 saturated carbocycles. The van der Waals surface area contributed by atoms with Crippen LogP contribution in [-0.2, 0) is 45.8 Å². The number of aliphatic imine (C=N–C) groups is 1. The average Bonchev–Trinajstić information content (AvgIpc) is 3.24. The molecule has 3 heterocycles. The zero-order valence-electron chi connectivity index (χ0n) is 17.6. The van der Waals surface area contributed by atoms with Gasteiger partial charge in [0.05, 0.1) is 12.2 Å². The molecule has 9 heteroatoms. The van der Waals surface area contributed by atoms with Crippen LogP contribution in [0, 0.1) is 0 Å².